The van der Waals surface area contributed by atoms with E-state index in [-0.39, 0.29) is 6.03 Å². The smallest absolute Gasteiger partial charge is 0.323 e. The number of aromatic nitrogens is 1. The van der Waals surface area contributed by atoms with E-state index in [9.17, 15) is 4.79 Å². The first-order valence-corrected chi connectivity index (χ1v) is 10.3. The van der Waals surface area contributed by atoms with Gasteiger partial charge in [-0.3, -0.25) is 0 Å². The molecule has 1 aromatic heterocycles. The average molecular weight is 452 g/mol. The quantitative estimate of drug-likeness (QED) is 0.345. The van der Waals surface area contributed by atoms with E-state index >= 15 is 0 Å². The van der Waals surface area contributed by atoms with Crippen LogP contribution in [0.4, 0.5) is 16.2 Å². The number of benzene rings is 3. The third-order valence-electron chi connectivity index (χ3n) is 4.82. The van der Waals surface area contributed by atoms with Crippen LogP contribution in [-0.2, 0) is 0 Å². The summed E-state index contributed by atoms with van der Waals surface area (Å²) < 4.78 is 5.58. The monoisotopic (exact) mass is 451 g/mol. The zero-order valence-corrected chi connectivity index (χ0v) is 18.4. The number of amides is 2. The first-order chi connectivity index (χ1) is 14.9. The Kier molecular flexibility index (Phi) is 5.98. The summed E-state index contributed by atoms with van der Waals surface area (Å²) in [4.78, 5) is 17.1. The van der Waals surface area contributed by atoms with E-state index in [4.69, 9.17) is 32.9 Å². The van der Waals surface area contributed by atoms with Crippen molar-refractivity contribution in [3.8, 4) is 17.0 Å². The molecule has 0 atom stereocenters. The van der Waals surface area contributed by atoms with Gasteiger partial charge in [0.15, 0.2) is 0 Å². The molecule has 31 heavy (non-hydrogen) atoms. The van der Waals surface area contributed by atoms with Crippen molar-refractivity contribution in [1.82, 2.24) is 4.98 Å². The Morgan fingerprint density at radius 3 is 2.26 bits per heavy atom. The number of halogens is 2. The molecule has 3 aromatic carbocycles. The van der Waals surface area contributed by atoms with Gasteiger partial charge in [-0.15, -0.1) is 0 Å². The highest BCUT2D eigenvalue weighted by Crippen LogP contribution is 2.32. The summed E-state index contributed by atoms with van der Waals surface area (Å²) in [6.07, 6.45) is 0. The topological polar surface area (TPSA) is 63.2 Å². The Labute approximate surface area is 190 Å². The summed E-state index contributed by atoms with van der Waals surface area (Å²) in [6.45, 7) is 1.90. The predicted molar refractivity (Wildman–Crippen MR) is 128 cm³/mol. The van der Waals surface area contributed by atoms with E-state index in [1.54, 1.807) is 25.3 Å². The fraction of sp³-hybridized carbons (Fsp3) is 0.0833. The highest BCUT2D eigenvalue weighted by Gasteiger charge is 2.11. The van der Waals surface area contributed by atoms with Gasteiger partial charge in [0.2, 0.25) is 0 Å². The fourth-order valence-corrected chi connectivity index (χ4v) is 3.48. The van der Waals surface area contributed by atoms with Crippen molar-refractivity contribution in [1.29, 1.82) is 0 Å². The van der Waals surface area contributed by atoms with Crippen LogP contribution < -0.4 is 15.4 Å². The number of methoxy groups -OCH3 is 1. The van der Waals surface area contributed by atoms with E-state index in [0.29, 0.717) is 27.2 Å². The number of hydrogen-bond acceptors (Lipinski definition) is 3. The Morgan fingerprint density at radius 2 is 1.58 bits per heavy atom. The normalized spacial score (nSPS) is 10.7. The molecule has 0 aliphatic rings. The number of pyridine rings is 1. The van der Waals surface area contributed by atoms with Crippen LogP contribution in [0, 0.1) is 6.92 Å². The second-order valence-corrected chi connectivity index (χ2v) is 7.84. The van der Waals surface area contributed by atoms with Crippen LogP contribution in [0.2, 0.25) is 10.0 Å². The lowest BCUT2D eigenvalue weighted by molar-refractivity contribution is 0.262. The number of anilines is 2. The van der Waals surface area contributed by atoms with Gasteiger partial charge in [0.1, 0.15) is 5.75 Å². The number of hydrogen-bond donors (Lipinski definition) is 2. The first kappa shape index (κ1) is 21.0. The van der Waals surface area contributed by atoms with Gasteiger partial charge in [-0.2, -0.15) is 0 Å². The van der Waals surface area contributed by atoms with E-state index in [2.05, 4.69) is 10.6 Å². The van der Waals surface area contributed by atoms with E-state index in [0.717, 1.165) is 27.7 Å². The van der Waals surface area contributed by atoms with Gasteiger partial charge >= 0.3 is 6.03 Å². The van der Waals surface area contributed by atoms with Crippen LogP contribution in [0.25, 0.3) is 22.2 Å². The van der Waals surface area contributed by atoms with E-state index in [1.165, 1.54) is 0 Å². The molecular weight excluding hydrogens is 433 g/mol. The number of carbonyl (C=O) groups excluding carboxylic acids is 1. The zero-order valence-electron chi connectivity index (χ0n) is 16.9. The van der Waals surface area contributed by atoms with Crippen LogP contribution >= 0.6 is 23.2 Å². The van der Waals surface area contributed by atoms with Crippen molar-refractivity contribution >= 4 is 51.5 Å². The maximum absolute atomic E-state index is 12.4. The number of rotatable bonds is 4. The van der Waals surface area contributed by atoms with Gasteiger partial charge in [-0.25, -0.2) is 9.78 Å². The van der Waals surface area contributed by atoms with Gasteiger partial charge in [0.25, 0.3) is 0 Å². The molecule has 156 valence electrons. The summed E-state index contributed by atoms with van der Waals surface area (Å²) in [5.74, 6) is 0.657. The molecule has 4 rings (SSSR count). The molecule has 4 aromatic rings. The molecule has 7 heteroatoms. The zero-order chi connectivity index (χ0) is 22.0. The molecular formula is C24H19Cl2N3O2. The molecule has 2 amide bonds. The summed E-state index contributed by atoms with van der Waals surface area (Å²) in [7, 11) is 1.61. The predicted octanol–water partition coefficient (Wildman–Crippen LogP) is 7.17. The Bertz CT molecular complexity index is 1270. The molecule has 0 aliphatic carbocycles. The number of ether oxygens (including phenoxy) is 1. The van der Waals surface area contributed by atoms with Gasteiger partial charge in [0.05, 0.1) is 18.3 Å². The van der Waals surface area contributed by atoms with Crippen LogP contribution in [0.3, 0.4) is 0 Å². The second kappa shape index (κ2) is 8.84. The molecule has 0 saturated carbocycles. The number of nitrogens with one attached hydrogen (secondary N) is 2. The molecule has 0 spiro atoms. The summed E-state index contributed by atoms with van der Waals surface area (Å²) in [6, 6.07) is 19.8. The minimum Gasteiger partial charge on any atom is -0.496 e. The van der Waals surface area contributed by atoms with Crippen molar-refractivity contribution in [2.24, 2.45) is 0 Å². The molecule has 0 fully saturated rings. The number of aryl methyl sites for hydroxylation is 1. The summed E-state index contributed by atoms with van der Waals surface area (Å²) in [5, 5.41) is 7.65. The number of nitrogens with zero attached hydrogens (tertiary/aromatic N) is 1. The van der Waals surface area contributed by atoms with E-state index in [1.807, 2.05) is 55.5 Å². The lowest BCUT2D eigenvalue weighted by Gasteiger charge is -2.12. The molecule has 0 unspecified atom stereocenters. The lowest BCUT2D eigenvalue weighted by atomic mass is 10.1. The van der Waals surface area contributed by atoms with Crippen LogP contribution in [0.15, 0.2) is 66.7 Å². The molecule has 2 N–H and O–H groups in total. The maximum Gasteiger partial charge on any atom is 0.323 e. The van der Waals surface area contributed by atoms with Gasteiger partial charge in [-0.1, -0.05) is 41.4 Å². The van der Waals surface area contributed by atoms with Gasteiger partial charge in [0, 0.05) is 38.4 Å². The van der Waals surface area contributed by atoms with Gasteiger partial charge < -0.3 is 15.4 Å². The van der Waals surface area contributed by atoms with Crippen LogP contribution in [0.1, 0.15) is 5.56 Å². The average Bonchev–Trinajstić information content (AvgIpc) is 2.76. The molecule has 0 radical (unpaired) electrons. The minimum absolute atomic E-state index is 0.371. The fourth-order valence-electron chi connectivity index (χ4n) is 3.17. The Hall–Kier alpha value is -3.28. The highest BCUT2D eigenvalue weighted by molar-refractivity contribution is 6.31. The van der Waals surface area contributed by atoms with Crippen LogP contribution in [0.5, 0.6) is 5.75 Å². The number of fused-ring (bicyclic) bond motifs is 1. The molecule has 1 heterocycles. The van der Waals surface area contributed by atoms with Crippen molar-refractivity contribution in [3.05, 3.63) is 82.3 Å². The Morgan fingerprint density at radius 1 is 0.903 bits per heavy atom. The largest absolute Gasteiger partial charge is 0.496 e. The molecule has 5 nitrogen and oxygen atoms in total. The van der Waals surface area contributed by atoms with Crippen molar-refractivity contribution in [2.45, 2.75) is 6.92 Å². The van der Waals surface area contributed by atoms with Gasteiger partial charge in [-0.05, 0) is 55.0 Å². The third kappa shape index (κ3) is 4.74. The van der Waals surface area contributed by atoms with Crippen LogP contribution in [-0.4, -0.2) is 18.1 Å². The molecule has 0 aliphatic heterocycles. The molecule has 0 bridgehead atoms. The number of carbonyl (C=O) groups is 1. The number of urea groups is 1. The van der Waals surface area contributed by atoms with Crippen molar-refractivity contribution in [3.63, 3.8) is 0 Å². The lowest BCUT2D eigenvalue weighted by Crippen LogP contribution is -2.19. The highest BCUT2D eigenvalue weighted by atomic mass is 35.5. The van der Waals surface area contributed by atoms with Crippen molar-refractivity contribution in [2.75, 3.05) is 17.7 Å². The summed E-state index contributed by atoms with van der Waals surface area (Å²) >= 11 is 12.1. The second-order valence-electron chi connectivity index (χ2n) is 6.99. The minimum atomic E-state index is -0.371. The standard InChI is InChI=1S/C24H19Cl2N3O2/c1-14-3-8-18(12-20(14)26)28-24(30)27-17-9-10-21-19(11-17)23(31-2)13-22(29-21)15-4-6-16(25)7-5-15/h3-13H,1-2H3,(H2,27,28,30). The molecule has 0 saturated heterocycles. The SMILES string of the molecule is COc1cc(-c2ccc(Cl)cc2)nc2ccc(NC(=O)Nc3ccc(C)c(Cl)c3)cc12. The third-order valence-corrected chi connectivity index (χ3v) is 5.48. The Balaban J connectivity index is 1.59. The summed E-state index contributed by atoms with van der Waals surface area (Å²) in [5.41, 5.74) is 4.63. The van der Waals surface area contributed by atoms with E-state index < -0.39 is 0 Å². The maximum atomic E-state index is 12.4. The van der Waals surface area contributed by atoms with Crippen molar-refractivity contribution < 1.29 is 9.53 Å². The first-order valence-electron chi connectivity index (χ1n) is 9.52.